The van der Waals surface area contributed by atoms with Gasteiger partial charge in [0.05, 0.1) is 5.56 Å². The van der Waals surface area contributed by atoms with Crippen molar-refractivity contribution in [2.75, 3.05) is 4.72 Å². The van der Waals surface area contributed by atoms with Crippen LogP contribution >= 0.6 is 0 Å². The van der Waals surface area contributed by atoms with Crippen molar-refractivity contribution < 1.29 is 21.9 Å². The van der Waals surface area contributed by atoms with E-state index in [0.29, 0.717) is 27.5 Å². The van der Waals surface area contributed by atoms with Crippen LogP contribution in [0.5, 0.6) is 0 Å². The van der Waals surface area contributed by atoms with Crippen LogP contribution < -0.4 is 4.72 Å². The Labute approximate surface area is 119 Å². The molecule has 1 aromatic heterocycles. The van der Waals surface area contributed by atoms with Gasteiger partial charge in [-0.15, -0.1) is 0 Å². The summed E-state index contributed by atoms with van der Waals surface area (Å²) < 4.78 is 61.5. The summed E-state index contributed by atoms with van der Waals surface area (Å²) in [5.41, 5.74) is 0.587. The van der Waals surface area contributed by atoms with E-state index in [9.17, 15) is 21.9 Å². The lowest BCUT2D eigenvalue weighted by molar-refractivity contribution is -0.137. The SMILES string of the molecule is O=S([O-])Nc1ccc2[nH]c3cc(C(F)(F)F)ccc3c2c1. The molecule has 2 N–H and O–H groups in total. The van der Waals surface area contributed by atoms with Crippen LogP contribution in [0.2, 0.25) is 0 Å². The summed E-state index contributed by atoms with van der Waals surface area (Å²) in [5, 5.41) is 1.24. The molecule has 3 aromatic rings. The van der Waals surface area contributed by atoms with Gasteiger partial charge in [-0.05, 0) is 30.3 Å². The molecule has 0 radical (unpaired) electrons. The molecule has 0 bridgehead atoms. The molecular weight excluding hydrogens is 305 g/mol. The number of alkyl halides is 3. The molecule has 0 aliphatic rings. The number of hydrogen-bond acceptors (Lipinski definition) is 2. The predicted octanol–water partition coefficient (Wildman–Crippen LogP) is 3.55. The number of anilines is 1. The number of aromatic nitrogens is 1. The molecule has 21 heavy (non-hydrogen) atoms. The highest BCUT2D eigenvalue weighted by Crippen LogP contribution is 2.34. The van der Waals surface area contributed by atoms with Gasteiger partial charge in [-0.25, -0.2) is 0 Å². The number of hydrogen-bond donors (Lipinski definition) is 2. The van der Waals surface area contributed by atoms with Crippen LogP contribution in [-0.2, 0) is 17.4 Å². The fourth-order valence-corrected chi connectivity index (χ4v) is 2.56. The van der Waals surface area contributed by atoms with E-state index in [4.69, 9.17) is 0 Å². The minimum atomic E-state index is -4.41. The van der Waals surface area contributed by atoms with E-state index in [2.05, 4.69) is 9.71 Å². The molecule has 0 aliphatic carbocycles. The molecule has 1 atom stereocenters. The molecule has 0 saturated carbocycles. The monoisotopic (exact) mass is 313 g/mol. The van der Waals surface area contributed by atoms with Crippen LogP contribution in [0, 0.1) is 0 Å². The molecular formula is C13H8F3N2O2S-. The molecule has 0 spiro atoms. The van der Waals surface area contributed by atoms with Gasteiger partial charge in [0.2, 0.25) is 0 Å². The fraction of sp³-hybridized carbons (Fsp3) is 0.0769. The van der Waals surface area contributed by atoms with Crippen molar-refractivity contribution in [2.24, 2.45) is 0 Å². The number of rotatable bonds is 2. The Hall–Kier alpha value is -2.06. The van der Waals surface area contributed by atoms with Crippen LogP contribution in [-0.4, -0.2) is 13.7 Å². The van der Waals surface area contributed by atoms with Gasteiger partial charge in [-0.3, -0.25) is 4.21 Å². The first-order valence-corrected chi connectivity index (χ1v) is 6.91. The Morgan fingerprint density at radius 3 is 2.48 bits per heavy atom. The molecule has 8 heteroatoms. The number of aromatic amines is 1. The highest BCUT2D eigenvalue weighted by molar-refractivity contribution is 7.80. The van der Waals surface area contributed by atoms with E-state index in [1.807, 2.05) is 0 Å². The van der Waals surface area contributed by atoms with Gasteiger partial charge in [-0.1, -0.05) is 6.07 Å². The third-order valence-electron chi connectivity index (χ3n) is 3.13. The van der Waals surface area contributed by atoms with E-state index < -0.39 is 23.0 Å². The maximum absolute atomic E-state index is 12.7. The number of nitrogens with one attached hydrogen (secondary N) is 2. The quantitative estimate of drug-likeness (QED) is 0.710. The molecule has 0 fully saturated rings. The summed E-state index contributed by atoms with van der Waals surface area (Å²) in [6.07, 6.45) is -4.41. The number of halogens is 3. The third kappa shape index (κ3) is 2.59. The van der Waals surface area contributed by atoms with Crippen molar-refractivity contribution >= 4 is 38.8 Å². The minimum absolute atomic E-state index is 0.344. The highest BCUT2D eigenvalue weighted by atomic mass is 32.2. The minimum Gasteiger partial charge on any atom is -0.755 e. The Kier molecular flexibility index (Phi) is 3.14. The van der Waals surface area contributed by atoms with Crippen molar-refractivity contribution in [3.05, 3.63) is 42.0 Å². The Bertz CT molecular complexity index is 858. The molecule has 4 nitrogen and oxygen atoms in total. The Morgan fingerprint density at radius 2 is 1.81 bits per heavy atom. The van der Waals surface area contributed by atoms with Crippen LogP contribution in [0.15, 0.2) is 36.4 Å². The summed E-state index contributed by atoms with van der Waals surface area (Å²) in [7, 11) is 0. The third-order valence-corrected chi connectivity index (χ3v) is 3.53. The smallest absolute Gasteiger partial charge is 0.416 e. The summed E-state index contributed by atoms with van der Waals surface area (Å²) in [6, 6.07) is 8.11. The zero-order valence-corrected chi connectivity index (χ0v) is 11.1. The van der Waals surface area contributed by atoms with Crippen molar-refractivity contribution in [2.45, 2.75) is 6.18 Å². The summed E-state index contributed by atoms with van der Waals surface area (Å²) in [5.74, 6) is 0. The van der Waals surface area contributed by atoms with Gasteiger partial charge < -0.3 is 14.3 Å². The summed E-state index contributed by atoms with van der Waals surface area (Å²) in [4.78, 5) is 2.89. The Morgan fingerprint density at radius 1 is 1.05 bits per heavy atom. The second-order valence-electron chi connectivity index (χ2n) is 4.48. The van der Waals surface area contributed by atoms with E-state index >= 15 is 0 Å². The number of benzene rings is 2. The van der Waals surface area contributed by atoms with Crippen molar-refractivity contribution in [1.82, 2.24) is 4.98 Å². The van der Waals surface area contributed by atoms with E-state index in [1.165, 1.54) is 12.1 Å². The van der Waals surface area contributed by atoms with Crippen molar-refractivity contribution in [3.8, 4) is 0 Å². The fourth-order valence-electron chi connectivity index (χ4n) is 2.24. The second-order valence-corrected chi connectivity index (χ2v) is 5.15. The molecule has 110 valence electrons. The first-order valence-electron chi connectivity index (χ1n) is 5.83. The van der Waals surface area contributed by atoms with Crippen LogP contribution in [0.25, 0.3) is 21.8 Å². The number of H-pyrrole nitrogens is 1. The molecule has 0 saturated heterocycles. The van der Waals surface area contributed by atoms with Gasteiger partial charge in [0.25, 0.3) is 0 Å². The lowest BCUT2D eigenvalue weighted by Crippen LogP contribution is -2.04. The van der Waals surface area contributed by atoms with Crippen LogP contribution in [0.1, 0.15) is 5.56 Å². The van der Waals surface area contributed by atoms with Crippen molar-refractivity contribution in [1.29, 1.82) is 0 Å². The standard InChI is InChI=1S/C13H9F3N2O2S/c14-13(15,16)7-1-3-9-10-6-8(18-21(19)20)2-4-11(10)17-12(9)5-7/h1-6,17-18H,(H,19,20)/p-1. The molecule has 1 heterocycles. The molecule has 1 unspecified atom stereocenters. The normalized spacial score (nSPS) is 13.7. The summed E-state index contributed by atoms with van der Waals surface area (Å²) >= 11 is -2.46. The average molecular weight is 313 g/mol. The summed E-state index contributed by atoms with van der Waals surface area (Å²) in [6.45, 7) is 0. The lowest BCUT2D eigenvalue weighted by Gasteiger charge is -2.08. The van der Waals surface area contributed by atoms with Crippen LogP contribution in [0.4, 0.5) is 18.9 Å². The zero-order valence-electron chi connectivity index (χ0n) is 10.3. The van der Waals surface area contributed by atoms with Gasteiger partial charge in [-0.2, -0.15) is 13.2 Å². The van der Waals surface area contributed by atoms with Gasteiger partial charge >= 0.3 is 6.18 Å². The first-order chi connectivity index (χ1) is 9.84. The largest absolute Gasteiger partial charge is 0.755 e. The van der Waals surface area contributed by atoms with E-state index in [1.54, 1.807) is 12.1 Å². The van der Waals surface area contributed by atoms with Crippen LogP contribution in [0.3, 0.4) is 0 Å². The van der Waals surface area contributed by atoms with E-state index in [0.717, 1.165) is 12.1 Å². The topological polar surface area (TPSA) is 67.9 Å². The molecule has 3 rings (SSSR count). The highest BCUT2D eigenvalue weighted by Gasteiger charge is 2.30. The first kappa shape index (κ1) is 13.9. The van der Waals surface area contributed by atoms with Crippen molar-refractivity contribution in [3.63, 3.8) is 0 Å². The lowest BCUT2D eigenvalue weighted by atomic mass is 10.1. The zero-order chi connectivity index (χ0) is 15.2. The van der Waals surface area contributed by atoms with Gasteiger partial charge in [0.15, 0.2) is 0 Å². The predicted molar refractivity (Wildman–Crippen MR) is 73.3 cm³/mol. The Balaban J connectivity index is 2.19. The van der Waals surface area contributed by atoms with Gasteiger partial charge in [0.1, 0.15) is 0 Å². The molecule has 2 aromatic carbocycles. The maximum Gasteiger partial charge on any atom is 0.416 e. The van der Waals surface area contributed by atoms with Gasteiger partial charge in [0, 0.05) is 38.8 Å². The second kappa shape index (κ2) is 4.74. The number of fused-ring (bicyclic) bond motifs is 3. The molecule has 0 amide bonds. The van der Waals surface area contributed by atoms with E-state index in [-0.39, 0.29) is 0 Å². The maximum atomic E-state index is 12.7. The average Bonchev–Trinajstić information content (AvgIpc) is 2.74. The molecule has 0 aliphatic heterocycles.